The summed E-state index contributed by atoms with van der Waals surface area (Å²) < 4.78 is 13.5. The molecule has 3 fully saturated rings. The van der Waals surface area contributed by atoms with Crippen molar-refractivity contribution in [1.82, 2.24) is 19.5 Å². The number of carbonyl (C=O) groups is 1. The Morgan fingerprint density at radius 1 is 1.03 bits per heavy atom. The van der Waals surface area contributed by atoms with Gasteiger partial charge >= 0.3 is 0 Å². The van der Waals surface area contributed by atoms with Crippen LogP contribution >= 0.6 is 11.6 Å². The van der Waals surface area contributed by atoms with Crippen molar-refractivity contribution in [1.29, 1.82) is 0 Å². The summed E-state index contributed by atoms with van der Waals surface area (Å²) in [5.41, 5.74) is 3.64. The molecular formula is C26H30ClN5O3. The molecule has 35 heavy (non-hydrogen) atoms. The van der Waals surface area contributed by atoms with Crippen molar-refractivity contribution in [2.75, 3.05) is 44.3 Å². The van der Waals surface area contributed by atoms with E-state index in [2.05, 4.69) is 11.0 Å². The number of halogens is 1. The van der Waals surface area contributed by atoms with Gasteiger partial charge in [-0.2, -0.15) is 9.61 Å². The van der Waals surface area contributed by atoms with Gasteiger partial charge in [0.2, 0.25) is 5.91 Å². The van der Waals surface area contributed by atoms with E-state index in [0.717, 1.165) is 67.2 Å². The van der Waals surface area contributed by atoms with Crippen LogP contribution in [0, 0.1) is 12.8 Å². The zero-order valence-corrected chi connectivity index (χ0v) is 20.7. The maximum atomic E-state index is 13.2. The maximum Gasteiger partial charge on any atom is 0.225 e. The molecule has 0 unspecified atom stereocenters. The number of nitrogens with zero attached hydrogens (tertiary/aromatic N) is 5. The third-order valence-corrected chi connectivity index (χ3v) is 7.75. The summed E-state index contributed by atoms with van der Waals surface area (Å²) in [6.45, 7) is 6.38. The summed E-state index contributed by atoms with van der Waals surface area (Å²) in [6.07, 6.45) is 3.20. The number of amides is 1. The number of benzene rings is 1. The van der Waals surface area contributed by atoms with Crippen LogP contribution in [-0.2, 0) is 14.3 Å². The Bertz CT molecular complexity index is 1220. The number of aryl methyl sites for hydroxylation is 1. The summed E-state index contributed by atoms with van der Waals surface area (Å²) in [7, 11) is 0. The lowest BCUT2D eigenvalue weighted by atomic mass is 9.93. The number of carbonyl (C=O) groups excluding carboxylic acids is 1. The first-order chi connectivity index (χ1) is 17.0. The van der Waals surface area contributed by atoms with E-state index in [-0.39, 0.29) is 11.8 Å². The highest BCUT2D eigenvalue weighted by atomic mass is 35.5. The Morgan fingerprint density at radius 3 is 2.40 bits per heavy atom. The van der Waals surface area contributed by atoms with Crippen LogP contribution in [0.4, 0.5) is 5.82 Å². The zero-order valence-electron chi connectivity index (χ0n) is 20.0. The molecule has 0 bridgehead atoms. The maximum absolute atomic E-state index is 13.2. The topological polar surface area (TPSA) is 72.2 Å². The highest BCUT2D eigenvalue weighted by molar-refractivity contribution is 6.30. The van der Waals surface area contributed by atoms with E-state index in [1.54, 1.807) is 0 Å². The summed E-state index contributed by atoms with van der Waals surface area (Å²) in [5, 5.41) is 5.56. The standard InChI is InChI=1S/C26H30ClN5O3/c1-18-16-24(32-23(28-18)17-22(29-32)19-2-4-21(27)5-3-19)30-10-6-20(7-11-30)25(33)31-12-8-26(9-13-31)34-14-15-35-26/h2-5,16-17,20H,6-15H2,1H3. The van der Waals surface area contributed by atoms with E-state index in [4.69, 9.17) is 31.2 Å². The second-order valence-electron chi connectivity index (χ2n) is 9.76. The first kappa shape index (κ1) is 22.8. The molecule has 3 aliphatic heterocycles. The molecule has 3 saturated heterocycles. The molecule has 9 heteroatoms. The van der Waals surface area contributed by atoms with Gasteiger partial charge in [0.25, 0.3) is 0 Å². The Morgan fingerprint density at radius 2 is 1.71 bits per heavy atom. The van der Waals surface area contributed by atoms with Crippen LogP contribution in [0.15, 0.2) is 36.4 Å². The Kier molecular flexibility index (Phi) is 5.90. The minimum Gasteiger partial charge on any atom is -0.356 e. The van der Waals surface area contributed by atoms with Gasteiger partial charge in [-0.25, -0.2) is 4.98 Å². The largest absolute Gasteiger partial charge is 0.356 e. The van der Waals surface area contributed by atoms with Gasteiger partial charge in [0, 0.05) is 73.4 Å². The lowest BCUT2D eigenvalue weighted by Gasteiger charge is -2.40. The van der Waals surface area contributed by atoms with Crippen molar-refractivity contribution < 1.29 is 14.3 Å². The average molecular weight is 496 g/mol. The normalized spacial score (nSPS) is 20.7. The second-order valence-corrected chi connectivity index (χ2v) is 10.2. The molecule has 1 amide bonds. The molecule has 0 radical (unpaired) electrons. The van der Waals surface area contributed by atoms with Crippen molar-refractivity contribution in [2.24, 2.45) is 5.92 Å². The third-order valence-electron chi connectivity index (χ3n) is 7.50. The molecule has 8 nitrogen and oxygen atoms in total. The first-order valence-electron chi connectivity index (χ1n) is 12.4. The number of hydrogen-bond donors (Lipinski definition) is 0. The van der Waals surface area contributed by atoms with Gasteiger partial charge in [0.05, 0.1) is 18.9 Å². The third kappa shape index (κ3) is 4.39. The van der Waals surface area contributed by atoms with Gasteiger partial charge < -0.3 is 19.3 Å². The van der Waals surface area contributed by atoms with Crippen LogP contribution in [-0.4, -0.2) is 70.6 Å². The Balaban J connectivity index is 1.15. The van der Waals surface area contributed by atoms with Gasteiger partial charge in [0.1, 0.15) is 5.82 Å². The fourth-order valence-electron chi connectivity index (χ4n) is 5.53. The second kappa shape index (κ2) is 9.08. The molecule has 3 aliphatic rings. The highest BCUT2D eigenvalue weighted by Crippen LogP contribution is 2.33. The van der Waals surface area contributed by atoms with Crippen LogP contribution in [0.5, 0.6) is 0 Å². The summed E-state index contributed by atoms with van der Waals surface area (Å²) in [6, 6.07) is 11.8. The quantitative estimate of drug-likeness (QED) is 0.548. The van der Waals surface area contributed by atoms with Gasteiger partial charge in [-0.3, -0.25) is 4.79 Å². The molecule has 2 aromatic heterocycles. The van der Waals surface area contributed by atoms with Crippen LogP contribution in [0.1, 0.15) is 31.4 Å². The van der Waals surface area contributed by atoms with Crippen molar-refractivity contribution in [3.05, 3.63) is 47.1 Å². The van der Waals surface area contributed by atoms with Crippen molar-refractivity contribution in [3.63, 3.8) is 0 Å². The van der Waals surface area contributed by atoms with Crippen molar-refractivity contribution in [3.8, 4) is 11.3 Å². The molecular weight excluding hydrogens is 466 g/mol. The monoisotopic (exact) mass is 495 g/mol. The van der Waals surface area contributed by atoms with Crippen LogP contribution in [0.25, 0.3) is 16.9 Å². The fraction of sp³-hybridized carbons (Fsp3) is 0.500. The minimum absolute atomic E-state index is 0.0615. The molecule has 0 saturated carbocycles. The Hall–Kier alpha value is -2.68. The van der Waals surface area contributed by atoms with Crippen molar-refractivity contribution in [2.45, 2.75) is 38.4 Å². The number of anilines is 1. The number of likely N-dealkylation sites (tertiary alicyclic amines) is 1. The SMILES string of the molecule is Cc1cc(N2CCC(C(=O)N3CCC4(CC3)OCCO4)CC2)n2nc(-c3ccc(Cl)cc3)cc2n1. The fourth-order valence-corrected chi connectivity index (χ4v) is 5.66. The molecule has 1 spiro atoms. The molecule has 1 aromatic carbocycles. The smallest absolute Gasteiger partial charge is 0.225 e. The van der Waals surface area contributed by atoms with E-state index in [9.17, 15) is 4.79 Å². The summed E-state index contributed by atoms with van der Waals surface area (Å²) >= 11 is 6.05. The number of piperidine rings is 2. The predicted molar refractivity (Wildman–Crippen MR) is 134 cm³/mol. The van der Waals surface area contributed by atoms with E-state index in [1.807, 2.05) is 46.7 Å². The molecule has 0 atom stereocenters. The first-order valence-corrected chi connectivity index (χ1v) is 12.8. The molecule has 0 N–H and O–H groups in total. The lowest BCUT2D eigenvalue weighted by Crippen LogP contribution is -2.50. The molecule has 0 aliphatic carbocycles. The number of rotatable bonds is 3. The average Bonchev–Trinajstić information content (AvgIpc) is 3.51. The number of ether oxygens (including phenoxy) is 2. The van der Waals surface area contributed by atoms with Gasteiger partial charge in [-0.15, -0.1) is 0 Å². The lowest BCUT2D eigenvalue weighted by molar-refractivity contribution is -0.188. The van der Waals surface area contributed by atoms with E-state index < -0.39 is 5.79 Å². The highest BCUT2D eigenvalue weighted by Gasteiger charge is 2.42. The van der Waals surface area contributed by atoms with Crippen LogP contribution in [0.3, 0.4) is 0 Å². The molecule has 3 aromatic rings. The van der Waals surface area contributed by atoms with Crippen molar-refractivity contribution >= 4 is 29.0 Å². The summed E-state index contributed by atoms with van der Waals surface area (Å²) in [4.78, 5) is 22.3. The zero-order chi connectivity index (χ0) is 24.0. The molecule has 184 valence electrons. The van der Waals surface area contributed by atoms with Crippen LogP contribution in [0.2, 0.25) is 5.02 Å². The van der Waals surface area contributed by atoms with Gasteiger partial charge in [0.15, 0.2) is 11.4 Å². The molecule has 6 rings (SSSR count). The van der Waals surface area contributed by atoms with Gasteiger partial charge in [-0.1, -0.05) is 23.7 Å². The van der Waals surface area contributed by atoms with Gasteiger partial charge in [-0.05, 0) is 31.9 Å². The number of aromatic nitrogens is 3. The van der Waals surface area contributed by atoms with E-state index in [1.165, 1.54) is 0 Å². The molecule has 5 heterocycles. The number of hydrogen-bond acceptors (Lipinski definition) is 6. The predicted octanol–water partition coefficient (Wildman–Crippen LogP) is 3.94. The Labute approximate surface area is 209 Å². The summed E-state index contributed by atoms with van der Waals surface area (Å²) in [5.74, 6) is 0.914. The van der Waals surface area contributed by atoms with E-state index in [0.29, 0.717) is 31.3 Å². The van der Waals surface area contributed by atoms with Crippen LogP contribution < -0.4 is 4.90 Å². The van der Waals surface area contributed by atoms with E-state index >= 15 is 0 Å². The number of fused-ring (bicyclic) bond motifs is 1. The minimum atomic E-state index is -0.445.